The predicted octanol–water partition coefficient (Wildman–Crippen LogP) is 4.93. The average molecular weight is 540 g/mol. The molecule has 32 heavy (non-hydrogen) atoms. The summed E-state index contributed by atoms with van der Waals surface area (Å²) >= 11 is 2.28. The van der Waals surface area contributed by atoms with E-state index >= 15 is 0 Å². The molecule has 164 valence electrons. The highest BCUT2D eigenvalue weighted by Gasteiger charge is 2.26. The fraction of sp³-hybridized carbons (Fsp3) is 0.292. The van der Waals surface area contributed by atoms with E-state index in [4.69, 9.17) is 9.72 Å². The standard InChI is InChI=1S/C24H25IN6O/c1-32-20-9-4-16(5-10-20)15-31-23-21(3-2-12-26-23)30-24(31)29-19-8-7-18(13-19)28-22-11-6-17(25)14-27-22/h2-6,9-12,14,18-19H,7-8,13,15H2,1H3,(H,27,28)(H,29,30)/t18-,19-/m0/s1. The number of methoxy groups -OCH3 is 1. The minimum Gasteiger partial charge on any atom is -0.497 e. The Balaban J connectivity index is 1.32. The van der Waals surface area contributed by atoms with Gasteiger partial charge in [-0.05, 0) is 83.8 Å². The normalized spacial score (nSPS) is 18.1. The highest BCUT2D eigenvalue weighted by Crippen LogP contribution is 2.27. The number of benzene rings is 1. The van der Waals surface area contributed by atoms with E-state index in [1.807, 2.05) is 42.7 Å². The van der Waals surface area contributed by atoms with Crippen LogP contribution in [0.15, 0.2) is 60.9 Å². The van der Waals surface area contributed by atoms with Crippen LogP contribution in [0, 0.1) is 3.57 Å². The largest absolute Gasteiger partial charge is 0.497 e. The van der Waals surface area contributed by atoms with Gasteiger partial charge in [0.25, 0.3) is 0 Å². The zero-order valence-electron chi connectivity index (χ0n) is 17.8. The minimum absolute atomic E-state index is 0.350. The third-order valence-electron chi connectivity index (χ3n) is 5.85. The van der Waals surface area contributed by atoms with Gasteiger partial charge in [-0.15, -0.1) is 0 Å². The van der Waals surface area contributed by atoms with Crippen molar-refractivity contribution >= 4 is 45.5 Å². The summed E-state index contributed by atoms with van der Waals surface area (Å²) in [6.07, 6.45) is 6.92. The Morgan fingerprint density at radius 3 is 2.59 bits per heavy atom. The van der Waals surface area contributed by atoms with Crippen LogP contribution < -0.4 is 15.4 Å². The molecule has 0 saturated heterocycles. The number of ether oxygens (including phenoxy) is 1. The van der Waals surface area contributed by atoms with Crippen molar-refractivity contribution in [3.63, 3.8) is 0 Å². The highest BCUT2D eigenvalue weighted by molar-refractivity contribution is 14.1. The molecule has 1 aliphatic carbocycles. The van der Waals surface area contributed by atoms with Crippen LogP contribution in [0.5, 0.6) is 5.75 Å². The number of nitrogens with one attached hydrogen (secondary N) is 2. The van der Waals surface area contributed by atoms with Gasteiger partial charge in [-0.3, -0.25) is 4.57 Å². The molecule has 1 aliphatic rings. The number of halogens is 1. The molecule has 1 fully saturated rings. The van der Waals surface area contributed by atoms with Gasteiger partial charge in [-0.1, -0.05) is 12.1 Å². The van der Waals surface area contributed by atoms with Crippen LogP contribution in [0.4, 0.5) is 11.8 Å². The smallest absolute Gasteiger partial charge is 0.205 e. The highest BCUT2D eigenvalue weighted by atomic mass is 127. The average Bonchev–Trinajstić information content (AvgIpc) is 3.40. The second-order valence-corrected chi connectivity index (χ2v) is 9.32. The van der Waals surface area contributed by atoms with Crippen LogP contribution in [0.25, 0.3) is 11.2 Å². The van der Waals surface area contributed by atoms with Crippen molar-refractivity contribution in [3.05, 3.63) is 70.1 Å². The fourth-order valence-corrected chi connectivity index (χ4v) is 4.55. The van der Waals surface area contributed by atoms with Crippen LogP contribution >= 0.6 is 22.6 Å². The number of pyridine rings is 2. The summed E-state index contributed by atoms with van der Waals surface area (Å²) in [6.45, 7) is 0.695. The summed E-state index contributed by atoms with van der Waals surface area (Å²) in [5.74, 6) is 2.66. The molecule has 3 heterocycles. The fourth-order valence-electron chi connectivity index (χ4n) is 4.23. The van der Waals surface area contributed by atoms with Gasteiger partial charge in [-0.25, -0.2) is 15.0 Å². The molecule has 4 aromatic rings. The van der Waals surface area contributed by atoms with E-state index in [0.717, 1.165) is 51.5 Å². The van der Waals surface area contributed by atoms with E-state index in [1.165, 1.54) is 5.56 Å². The summed E-state index contributed by atoms with van der Waals surface area (Å²) in [4.78, 5) is 13.9. The topological polar surface area (TPSA) is 76.9 Å². The first-order valence-electron chi connectivity index (χ1n) is 10.8. The molecule has 1 saturated carbocycles. The minimum atomic E-state index is 0.350. The van der Waals surface area contributed by atoms with Gasteiger partial charge in [0.15, 0.2) is 5.65 Å². The van der Waals surface area contributed by atoms with Crippen LogP contribution in [0.2, 0.25) is 0 Å². The summed E-state index contributed by atoms with van der Waals surface area (Å²) in [7, 11) is 1.68. The summed E-state index contributed by atoms with van der Waals surface area (Å²) in [5.41, 5.74) is 2.97. The van der Waals surface area contributed by atoms with E-state index in [1.54, 1.807) is 7.11 Å². The molecule has 2 N–H and O–H groups in total. The van der Waals surface area contributed by atoms with Gasteiger partial charge in [0.05, 0.1) is 13.7 Å². The lowest BCUT2D eigenvalue weighted by molar-refractivity contribution is 0.414. The molecule has 2 atom stereocenters. The first-order chi connectivity index (χ1) is 15.7. The maximum atomic E-state index is 5.29. The van der Waals surface area contributed by atoms with Gasteiger partial charge in [-0.2, -0.15) is 0 Å². The second-order valence-electron chi connectivity index (χ2n) is 8.07. The van der Waals surface area contributed by atoms with Crippen molar-refractivity contribution in [2.45, 2.75) is 37.9 Å². The van der Waals surface area contributed by atoms with Crippen LogP contribution in [-0.4, -0.2) is 38.7 Å². The molecule has 7 nitrogen and oxygen atoms in total. The van der Waals surface area contributed by atoms with Gasteiger partial charge < -0.3 is 15.4 Å². The first-order valence-corrected chi connectivity index (χ1v) is 11.8. The van der Waals surface area contributed by atoms with Crippen molar-refractivity contribution in [1.82, 2.24) is 19.5 Å². The molecule has 0 amide bonds. The molecular weight excluding hydrogens is 515 g/mol. The number of imidazole rings is 1. The van der Waals surface area contributed by atoms with Crippen LogP contribution in [0.1, 0.15) is 24.8 Å². The molecule has 0 aliphatic heterocycles. The Bertz CT molecular complexity index is 1190. The summed E-state index contributed by atoms with van der Waals surface area (Å²) < 4.78 is 8.60. The zero-order valence-corrected chi connectivity index (χ0v) is 20.0. The summed E-state index contributed by atoms with van der Waals surface area (Å²) in [5, 5.41) is 7.26. The molecule has 0 bridgehead atoms. The Morgan fingerprint density at radius 1 is 1.03 bits per heavy atom. The predicted molar refractivity (Wildman–Crippen MR) is 135 cm³/mol. The van der Waals surface area contributed by atoms with E-state index in [-0.39, 0.29) is 0 Å². The lowest BCUT2D eigenvalue weighted by Gasteiger charge is -2.17. The Hall–Kier alpha value is -2.88. The first kappa shape index (κ1) is 21.0. The molecule has 3 aromatic heterocycles. The van der Waals surface area contributed by atoms with Crippen molar-refractivity contribution in [3.8, 4) is 5.75 Å². The quantitative estimate of drug-likeness (QED) is 0.324. The van der Waals surface area contributed by atoms with Crippen molar-refractivity contribution in [1.29, 1.82) is 0 Å². The Morgan fingerprint density at radius 2 is 1.84 bits per heavy atom. The maximum Gasteiger partial charge on any atom is 0.205 e. The molecule has 1 aromatic carbocycles. The number of hydrogen-bond acceptors (Lipinski definition) is 6. The van der Waals surface area contributed by atoms with Crippen molar-refractivity contribution in [2.24, 2.45) is 0 Å². The SMILES string of the molecule is COc1ccc(Cn2c(N[C@H]3CC[C@H](Nc4ccc(I)cn4)C3)nc3cccnc32)cc1. The van der Waals surface area contributed by atoms with E-state index in [2.05, 4.69) is 66.0 Å². The third kappa shape index (κ3) is 4.64. The van der Waals surface area contributed by atoms with Gasteiger partial charge in [0, 0.05) is 28.0 Å². The number of fused-ring (bicyclic) bond motifs is 1. The molecule has 0 unspecified atom stereocenters. The third-order valence-corrected chi connectivity index (χ3v) is 6.49. The number of hydrogen-bond donors (Lipinski definition) is 2. The number of nitrogens with zero attached hydrogens (tertiary/aromatic N) is 4. The number of aromatic nitrogens is 4. The zero-order chi connectivity index (χ0) is 21.9. The van der Waals surface area contributed by atoms with Gasteiger partial charge in [0.2, 0.25) is 5.95 Å². The monoisotopic (exact) mass is 540 g/mol. The molecular formula is C24H25IN6O. The molecule has 5 rings (SSSR count). The van der Waals surface area contributed by atoms with E-state index in [9.17, 15) is 0 Å². The molecule has 8 heteroatoms. The van der Waals surface area contributed by atoms with Crippen molar-refractivity contribution < 1.29 is 4.74 Å². The van der Waals surface area contributed by atoms with Gasteiger partial charge in [0.1, 0.15) is 17.1 Å². The maximum absolute atomic E-state index is 5.29. The van der Waals surface area contributed by atoms with Crippen LogP contribution in [-0.2, 0) is 6.54 Å². The number of rotatable bonds is 7. The Kier molecular flexibility index (Phi) is 6.11. The van der Waals surface area contributed by atoms with E-state index < -0.39 is 0 Å². The lowest BCUT2D eigenvalue weighted by Crippen LogP contribution is -2.23. The molecule has 0 radical (unpaired) electrons. The second kappa shape index (κ2) is 9.32. The van der Waals surface area contributed by atoms with E-state index in [0.29, 0.717) is 18.6 Å². The van der Waals surface area contributed by atoms with Gasteiger partial charge >= 0.3 is 0 Å². The van der Waals surface area contributed by atoms with Crippen LogP contribution in [0.3, 0.4) is 0 Å². The lowest BCUT2D eigenvalue weighted by atomic mass is 10.2. The van der Waals surface area contributed by atoms with Crippen molar-refractivity contribution in [2.75, 3.05) is 17.7 Å². The number of anilines is 2. The summed E-state index contributed by atoms with van der Waals surface area (Å²) in [6, 6.07) is 17.0. The molecule has 0 spiro atoms. The Labute approximate surface area is 200 Å².